The molecule has 0 fully saturated rings. The number of hydrogen-bond donors (Lipinski definition) is 0. The van der Waals surface area contributed by atoms with Crippen molar-refractivity contribution in [3.8, 4) is 44.5 Å². The van der Waals surface area contributed by atoms with Crippen LogP contribution >= 0.6 is 0 Å². The molecule has 62 heavy (non-hydrogen) atoms. The summed E-state index contributed by atoms with van der Waals surface area (Å²) in [6, 6.07) is 99.5. The van der Waals surface area contributed by atoms with E-state index in [0.717, 1.165) is 17.1 Å². The summed E-state index contributed by atoms with van der Waals surface area (Å²) in [5, 5.41) is 5.49. The maximum Gasteiger partial charge on any atom is 0.179 e. The zero-order valence-electron chi connectivity index (χ0n) is 34.4. The van der Waals surface area contributed by atoms with E-state index < -0.39 is 8.07 Å². The first-order valence-corrected chi connectivity index (χ1v) is 23.3. The second-order valence-electron chi connectivity index (χ2n) is 15.7. The largest absolute Gasteiger partial charge is 0.311 e. The molecule has 2 heteroatoms. The number of anilines is 3. The van der Waals surface area contributed by atoms with Gasteiger partial charge in [0.05, 0.1) is 0 Å². The van der Waals surface area contributed by atoms with Crippen molar-refractivity contribution < 1.29 is 0 Å². The molecule has 10 aromatic rings. The average Bonchev–Trinajstić information content (AvgIpc) is 3.37. The second kappa shape index (κ2) is 17.4. The van der Waals surface area contributed by atoms with Crippen LogP contribution in [0.1, 0.15) is 0 Å². The Morgan fingerprint density at radius 3 is 0.645 bits per heavy atom. The third-order valence-corrected chi connectivity index (χ3v) is 16.9. The molecule has 0 saturated carbocycles. The lowest BCUT2D eigenvalue weighted by molar-refractivity contribution is 1.28. The van der Waals surface area contributed by atoms with Gasteiger partial charge in [0.2, 0.25) is 0 Å². The van der Waals surface area contributed by atoms with Crippen LogP contribution in [0.15, 0.2) is 273 Å². The van der Waals surface area contributed by atoms with E-state index in [4.69, 9.17) is 0 Å². The molecule has 0 bridgehead atoms. The van der Waals surface area contributed by atoms with Gasteiger partial charge >= 0.3 is 0 Å². The molecule has 10 rings (SSSR count). The van der Waals surface area contributed by atoms with Crippen LogP contribution in [-0.4, -0.2) is 8.07 Å². The summed E-state index contributed by atoms with van der Waals surface area (Å²) in [5.41, 5.74) is 12.9. The first-order valence-electron chi connectivity index (χ1n) is 21.3. The summed E-state index contributed by atoms with van der Waals surface area (Å²) < 4.78 is 0. The van der Waals surface area contributed by atoms with Crippen LogP contribution in [0.2, 0.25) is 0 Å². The third-order valence-electron chi connectivity index (χ3n) is 12.1. The van der Waals surface area contributed by atoms with E-state index in [0.29, 0.717) is 0 Å². The molecule has 0 heterocycles. The molecule has 294 valence electrons. The Labute approximate surface area is 366 Å². The Hall–Kier alpha value is -7.78. The van der Waals surface area contributed by atoms with Crippen molar-refractivity contribution in [2.75, 3.05) is 4.90 Å². The minimum absolute atomic E-state index is 1.10. The Morgan fingerprint density at radius 2 is 0.371 bits per heavy atom. The van der Waals surface area contributed by atoms with E-state index in [1.807, 2.05) is 0 Å². The predicted octanol–water partition coefficient (Wildman–Crippen LogP) is 13.2. The van der Waals surface area contributed by atoms with Crippen LogP contribution in [0.25, 0.3) is 44.5 Å². The molecule has 0 aliphatic rings. The molecule has 0 unspecified atom stereocenters. The number of rotatable bonds is 11. The number of nitrogens with zero attached hydrogens (tertiary/aromatic N) is 1. The Bertz CT molecular complexity index is 2870. The van der Waals surface area contributed by atoms with Gasteiger partial charge in [-0.25, -0.2) is 0 Å². The first-order chi connectivity index (χ1) is 30.7. The Balaban J connectivity index is 0.990. The van der Waals surface area contributed by atoms with E-state index in [2.05, 4.69) is 278 Å². The third kappa shape index (κ3) is 7.60. The van der Waals surface area contributed by atoms with Crippen molar-refractivity contribution in [3.63, 3.8) is 0 Å². The fourth-order valence-electron chi connectivity index (χ4n) is 8.95. The van der Waals surface area contributed by atoms with Crippen molar-refractivity contribution in [2.45, 2.75) is 0 Å². The fourth-order valence-corrected chi connectivity index (χ4v) is 13.7. The SMILES string of the molecule is c1ccc(-c2ccc(-c3ccc(N(c4ccc(-c5ccccc5)cc4)c4ccc(-c5ccc([Si](c6ccccc6)(c6ccccc6)c6ccccc6)cc5)cc4)cc3)cc2)cc1. The van der Waals surface area contributed by atoms with Crippen molar-refractivity contribution >= 4 is 45.9 Å². The predicted molar refractivity (Wildman–Crippen MR) is 266 cm³/mol. The highest BCUT2D eigenvalue weighted by molar-refractivity contribution is 7.19. The summed E-state index contributed by atoms with van der Waals surface area (Å²) in [6.07, 6.45) is 0. The van der Waals surface area contributed by atoms with Crippen molar-refractivity contribution in [1.29, 1.82) is 0 Å². The molecule has 0 aliphatic carbocycles. The van der Waals surface area contributed by atoms with Crippen molar-refractivity contribution in [1.82, 2.24) is 0 Å². The van der Waals surface area contributed by atoms with Gasteiger partial charge in [0.15, 0.2) is 8.07 Å². The molecule has 0 aromatic heterocycles. The summed E-state index contributed by atoms with van der Waals surface area (Å²) in [4.78, 5) is 2.35. The highest BCUT2D eigenvalue weighted by Gasteiger charge is 2.41. The molecular weight excluding hydrogens is 763 g/mol. The van der Waals surface area contributed by atoms with E-state index in [1.165, 1.54) is 65.3 Å². The van der Waals surface area contributed by atoms with Crippen LogP contribution in [0, 0.1) is 0 Å². The monoisotopic (exact) mass is 807 g/mol. The molecule has 10 aromatic carbocycles. The molecule has 0 radical (unpaired) electrons. The highest BCUT2D eigenvalue weighted by atomic mass is 28.3. The lowest BCUT2D eigenvalue weighted by Crippen LogP contribution is -2.74. The van der Waals surface area contributed by atoms with Gasteiger partial charge in [0.1, 0.15) is 0 Å². The van der Waals surface area contributed by atoms with Gasteiger partial charge in [-0.05, 0) is 102 Å². The summed E-state index contributed by atoms with van der Waals surface area (Å²) >= 11 is 0. The molecule has 0 amide bonds. The van der Waals surface area contributed by atoms with Gasteiger partial charge in [0.25, 0.3) is 0 Å². The maximum atomic E-state index is 2.37. The average molecular weight is 808 g/mol. The first kappa shape index (κ1) is 38.4. The molecule has 0 aliphatic heterocycles. The Kier molecular flexibility index (Phi) is 10.8. The molecule has 1 nitrogen and oxygen atoms in total. The van der Waals surface area contributed by atoms with Crippen LogP contribution in [-0.2, 0) is 0 Å². The van der Waals surface area contributed by atoms with Crippen molar-refractivity contribution in [3.05, 3.63) is 273 Å². The van der Waals surface area contributed by atoms with Gasteiger partial charge in [0, 0.05) is 17.1 Å². The van der Waals surface area contributed by atoms with Gasteiger partial charge in [-0.15, -0.1) is 0 Å². The summed E-state index contributed by atoms with van der Waals surface area (Å²) in [7, 11) is -2.60. The number of hydrogen-bond acceptors (Lipinski definition) is 1. The maximum absolute atomic E-state index is 2.60. The van der Waals surface area contributed by atoms with E-state index >= 15 is 0 Å². The van der Waals surface area contributed by atoms with Gasteiger partial charge < -0.3 is 4.90 Å². The van der Waals surface area contributed by atoms with E-state index in [9.17, 15) is 0 Å². The zero-order chi connectivity index (χ0) is 41.6. The topological polar surface area (TPSA) is 3.24 Å². The molecule has 0 saturated heterocycles. The van der Waals surface area contributed by atoms with Crippen molar-refractivity contribution in [2.24, 2.45) is 0 Å². The molecular formula is C60H45NSi. The summed E-state index contributed by atoms with van der Waals surface area (Å²) in [6.45, 7) is 0. The molecule has 0 spiro atoms. The molecule has 0 N–H and O–H groups in total. The van der Waals surface area contributed by atoms with Crippen LogP contribution in [0.5, 0.6) is 0 Å². The standard InChI is InChI=1S/C60H45NSi/c1-6-16-46(17-7-1)48-26-28-49(29-27-48)51-32-40-55(41-33-51)61(54-38-30-50(31-39-54)47-18-8-2-9-19-47)56-42-34-52(35-43-56)53-36-44-60(45-37-53)62(57-20-10-3-11-21-57,58-22-12-4-13-23-58)59-24-14-5-15-25-59/h1-45H. The van der Waals surface area contributed by atoms with Crippen LogP contribution < -0.4 is 25.6 Å². The fraction of sp³-hybridized carbons (Fsp3) is 0. The van der Waals surface area contributed by atoms with Crippen LogP contribution in [0.3, 0.4) is 0 Å². The highest BCUT2D eigenvalue weighted by Crippen LogP contribution is 2.38. The molecule has 0 atom stereocenters. The Morgan fingerprint density at radius 1 is 0.177 bits per heavy atom. The van der Waals surface area contributed by atoms with E-state index in [-0.39, 0.29) is 0 Å². The lowest BCUT2D eigenvalue weighted by Gasteiger charge is -2.34. The minimum Gasteiger partial charge on any atom is -0.311 e. The van der Waals surface area contributed by atoms with Gasteiger partial charge in [-0.2, -0.15) is 0 Å². The minimum atomic E-state index is -2.60. The quantitative estimate of drug-likeness (QED) is 0.0929. The zero-order valence-corrected chi connectivity index (χ0v) is 35.4. The normalized spacial score (nSPS) is 11.2. The second-order valence-corrected chi connectivity index (χ2v) is 19.5. The van der Waals surface area contributed by atoms with E-state index in [1.54, 1.807) is 0 Å². The van der Waals surface area contributed by atoms with Gasteiger partial charge in [-0.1, -0.05) is 237 Å². The van der Waals surface area contributed by atoms with Crippen LogP contribution in [0.4, 0.5) is 17.1 Å². The van der Waals surface area contributed by atoms with Gasteiger partial charge in [-0.3, -0.25) is 0 Å². The lowest BCUT2D eigenvalue weighted by atomic mass is 10.00. The smallest absolute Gasteiger partial charge is 0.179 e. The number of benzene rings is 10. The summed E-state index contributed by atoms with van der Waals surface area (Å²) in [5.74, 6) is 0.